The van der Waals surface area contributed by atoms with Crippen molar-refractivity contribution in [2.75, 3.05) is 24.6 Å². The van der Waals surface area contributed by atoms with Crippen LogP contribution < -0.4 is 10.6 Å². The maximum absolute atomic E-state index is 11.5. The molecular formula is C15H20BrN3O3. The first kappa shape index (κ1) is 16.7. The van der Waals surface area contributed by atoms with Gasteiger partial charge in [-0.1, -0.05) is 0 Å². The summed E-state index contributed by atoms with van der Waals surface area (Å²) in [6.45, 7) is 1.55. The molecule has 0 radical (unpaired) electrons. The van der Waals surface area contributed by atoms with Crippen LogP contribution in [0.2, 0.25) is 0 Å². The summed E-state index contributed by atoms with van der Waals surface area (Å²) in [5.41, 5.74) is 4.93. The molecule has 2 heterocycles. The van der Waals surface area contributed by atoms with E-state index in [2.05, 4.69) is 25.8 Å². The van der Waals surface area contributed by atoms with E-state index in [1.807, 2.05) is 12.1 Å². The maximum Gasteiger partial charge on any atom is 0.306 e. The van der Waals surface area contributed by atoms with Crippen LogP contribution in [0.25, 0.3) is 0 Å². The number of anilines is 1. The molecule has 2 rings (SSSR count). The number of carbonyl (C=O) groups is 2. The average molecular weight is 370 g/mol. The quantitative estimate of drug-likeness (QED) is 0.773. The highest BCUT2D eigenvalue weighted by atomic mass is 79.9. The predicted molar refractivity (Wildman–Crippen MR) is 86.3 cm³/mol. The van der Waals surface area contributed by atoms with E-state index >= 15 is 0 Å². The van der Waals surface area contributed by atoms with Crippen LogP contribution >= 0.6 is 15.9 Å². The van der Waals surface area contributed by atoms with E-state index in [9.17, 15) is 9.59 Å². The van der Waals surface area contributed by atoms with Crippen LogP contribution in [0.3, 0.4) is 0 Å². The molecule has 0 aromatic carbocycles. The van der Waals surface area contributed by atoms with Crippen molar-refractivity contribution in [3.8, 4) is 0 Å². The van der Waals surface area contributed by atoms with Gasteiger partial charge in [-0.05, 0) is 53.2 Å². The second-order valence-electron chi connectivity index (χ2n) is 5.43. The van der Waals surface area contributed by atoms with E-state index in [4.69, 9.17) is 10.5 Å². The number of amides is 1. The standard InChI is InChI=1S/C15H20BrN3O3/c16-12-2-3-14(18-9-12)19-7-5-11(6-8-19)1-4-15(21)22-10-13(17)20/h2-3,9,11H,1,4-8,10H2,(H2,17,20). The number of esters is 1. The smallest absolute Gasteiger partial charge is 0.306 e. The Morgan fingerprint density at radius 2 is 2.09 bits per heavy atom. The molecule has 6 nitrogen and oxygen atoms in total. The van der Waals surface area contributed by atoms with Crippen molar-refractivity contribution >= 4 is 33.6 Å². The number of rotatable bonds is 6. The summed E-state index contributed by atoms with van der Waals surface area (Å²) < 4.78 is 5.73. The van der Waals surface area contributed by atoms with Gasteiger partial charge in [0.05, 0.1) is 0 Å². The molecule has 0 spiro atoms. The van der Waals surface area contributed by atoms with Crippen LogP contribution in [-0.2, 0) is 14.3 Å². The molecule has 1 aliphatic heterocycles. The topological polar surface area (TPSA) is 85.5 Å². The highest BCUT2D eigenvalue weighted by molar-refractivity contribution is 9.10. The molecule has 120 valence electrons. The number of nitrogens with two attached hydrogens (primary N) is 1. The van der Waals surface area contributed by atoms with Crippen molar-refractivity contribution in [2.45, 2.75) is 25.7 Å². The fraction of sp³-hybridized carbons (Fsp3) is 0.533. The number of aromatic nitrogens is 1. The van der Waals surface area contributed by atoms with Crippen LogP contribution in [0, 0.1) is 5.92 Å². The Kier molecular flexibility index (Phi) is 6.18. The van der Waals surface area contributed by atoms with Gasteiger partial charge in [0, 0.05) is 30.2 Å². The van der Waals surface area contributed by atoms with Crippen molar-refractivity contribution in [1.82, 2.24) is 4.98 Å². The third kappa shape index (κ3) is 5.29. The Bertz CT molecular complexity index is 513. The zero-order chi connectivity index (χ0) is 15.9. The molecule has 0 unspecified atom stereocenters. The normalized spacial score (nSPS) is 15.6. The van der Waals surface area contributed by atoms with Gasteiger partial charge in [-0.2, -0.15) is 0 Å². The van der Waals surface area contributed by atoms with Crippen LogP contribution in [0.15, 0.2) is 22.8 Å². The Morgan fingerprint density at radius 3 is 2.68 bits per heavy atom. The van der Waals surface area contributed by atoms with Gasteiger partial charge in [-0.15, -0.1) is 0 Å². The van der Waals surface area contributed by atoms with Gasteiger partial charge in [0.1, 0.15) is 5.82 Å². The van der Waals surface area contributed by atoms with E-state index in [1.54, 1.807) is 6.20 Å². The molecule has 1 saturated heterocycles. The first-order chi connectivity index (χ1) is 10.5. The number of ether oxygens (including phenoxy) is 1. The van der Waals surface area contributed by atoms with Gasteiger partial charge < -0.3 is 15.4 Å². The number of primary amides is 1. The Hall–Kier alpha value is -1.63. The molecule has 1 fully saturated rings. The molecule has 1 aliphatic rings. The number of hydrogen-bond donors (Lipinski definition) is 1. The molecule has 0 aliphatic carbocycles. The molecule has 0 bridgehead atoms. The molecule has 1 aromatic heterocycles. The Balaban J connectivity index is 1.70. The third-order valence-corrected chi connectivity index (χ3v) is 4.25. The lowest BCUT2D eigenvalue weighted by Gasteiger charge is -2.32. The van der Waals surface area contributed by atoms with Crippen molar-refractivity contribution in [3.63, 3.8) is 0 Å². The molecule has 22 heavy (non-hydrogen) atoms. The summed E-state index contributed by atoms with van der Waals surface area (Å²) >= 11 is 3.38. The van der Waals surface area contributed by atoms with E-state index < -0.39 is 5.91 Å². The zero-order valence-corrected chi connectivity index (χ0v) is 13.9. The highest BCUT2D eigenvalue weighted by Gasteiger charge is 2.21. The van der Waals surface area contributed by atoms with Gasteiger partial charge >= 0.3 is 5.97 Å². The minimum Gasteiger partial charge on any atom is -0.456 e. The monoisotopic (exact) mass is 369 g/mol. The summed E-state index contributed by atoms with van der Waals surface area (Å²) in [5, 5.41) is 0. The van der Waals surface area contributed by atoms with Crippen LogP contribution in [-0.4, -0.2) is 36.6 Å². The van der Waals surface area contributed by atoms with Gasteiger partial charge in [0.25, 0.3) is 5.91 Å². The molecule has 1 amide bonds. The van der Waals surface area contributed by atoms with Crippen molar-refractivity contribution in [1.29, 1.82) is 0 Å². The number of carbonyl (C=O) groups excluding carboxylic acids is 2. The second-order valence-corrected chi connectivity index (χ2v) is 6.35. The predicted octanol–water partition coefficient (Wildman–Crippen LogP) is 1.87. The summed E-state index contributed by atoms with van der Waals surface area (Å²) in [6.07, 6.45) is 4.99. The van der Waals surface area contributed by atoms with Crippen molar-refractivity contribution < 1.29 is 14.3 Å². The minimum atomic E-state index is -0.622. The first-order valence-corrected chi connectivity index (χ1v) is 8.14. The van der Waals surface area contributed by atoms with Crippen molar-refractivity contribution in [3.05, 3.63) is 22.8 Å². The number of halogens is 1. The molecule has 7 heteroatoms. The zero-order valence-electron chi connectivity index (χ0n) is 12.3. The minimum absolute atomic E-state index is 0.327. The lowest BCUT2D eigenvalue weighted by atomic mass is 9.92. The van der Waals surface area contributed by atoms with Gasteiger partial charge in [-0.25, -0.2) is 4.98 Å². The Labute approximate surface area is 138 Å². The van der Waals surface area contributed by atoms with Crippen LogP contribution in [0.1, 0.15) is 25.7 Å². The van der Waals surface area contributed by atoms with Crippen LogP contribution in [0.5, 0.6) is 0 Å². The van der Waals surface area contributed by atoms with Gasteiger partial charge in [-0.3, -0.25) is 9.59 Å². The third-order valence-electron chi connectivity index (χ3n) is 3.78. The fourth-order valence-corrected chi connectivity index (χ4v) is 2.79. The van der Waals surface area contributed by atoms with Gasteiger partial charge in [0.2, 0.25) is 0 Å². The molecule has 1 aromatic rings. The summed E-state index contributed by atoms with van der Waals surface area (Å²) in [4.78, 5) is 28.6. The van der Waals surface area contributed by atoms with E-state index in [-0.39, 0.29) is 12.6 Å². The van der Waals surface area contributed by atoms with E-state index in [0.29, 0.717) is 12.3 Å². The lowest BCUT2D eigenvalue weighted by molar-refractivity contribution is -0.148. The first-order valence-electron chi connectivity index (χ1n) is 7.35. The largest absolute Gasteiger partial charge is 0.456 e. The number of piperidine rings is 1. The second kappa shape index (κ2) is 8.12. The van der Waals surface area contributed by atoms with E-state index in [1.165, 1.54) is 0 Å². The number of hydrogen-bond acceptors (Lipinski definition) is 5. The number of pyridine rings is 1. The SMILES string of the molecule is NC(=O)COC(=O)CCC1CCN(c2ccc(Br)cn2)CC1. The summed E-state index contributed by atoms with van der Waals surface area (Å²) in [6, 6.07) is 3.99. The summed E-state index contributed by atoms with van der Waals surface area (Å²) in [5.74, 6) is 0.523. The molecule has 0 saturated carbocycles. The highest BCUT2D eigenvalue weighted by Crippen LogP contribution is 2.25. The maximum atomic E-state index is 11.5. The fourth-order valence-electron chi connectivity index (χ4n) is 2.55. The van der Waals surface area contributed by atoms with E-state index in [0.717, 1.165) is 42.6 Å². The van der Waals surface area contributed by atoms with Crippen LogP contribution in [0.4, 0.5) is 5.82 Å². The number of nitrogens with zero attached hydrogens (tertiary/aromatic N) is 2. The Morgan fingerprint density at radius 1 is 1.36 bits per heavy atom. The molecule has 0 atom stereocenters. The average Bonchev–Trinajstić information content (AvgIpc) is 2.52. The van der Waals surface area contributed by atoms with Crippen molar-refractivity contribution in [2.24, 2.45) is 11.7 Å². The summed E-state index contributed by atoms with van der Waals surface area (Å²) in [7, 11) is 0. The lowest BCUT2D eigenvalue weighted by Crippen LogP contribution is -2.34. The molecular weight excluding hydrogens is 350 g/mol. The molecule has 2 N–H and O–H groups in total. The van der Waals surface area contributed by atoms with Gasteiger partial charge in [0.15, 0.2) is 6.61 Å².